The summed E-state index contributed by atoms with van der Waals surface area (Å²) >= 11 is 5.93. The second-order valence-corrected chi connectivity index (χ2v) is 4.38. The molecule has 1 aromatic carbocycles. The summed E-state index contributed by atoms with van der Waals surface area (Å²) in [5.74, 6) is 1.47. The lowest BCUT2D eigenvalue weighted by atomic mass is 10.2. The minimum Gasteiger partial charge on any atom is -0.329 e. The number of hydrogen-bond acceptors (Lipinski definition) is 3. The van der Waals surface area contributed by atoms with Gasteiger partial charge in [0.15, 0.2) is 0 Å². The highest BCUT2D eigenvalue weighted by Crippen LogP contribution is 2.23. The van der Waals surface area contributed by atoms with Gasteiger partial charge in [-0.3, -0.25) is 0 Å². The van der Waals surface area contributed by atoms with Gasteiger partial charge in [-0.15, -0.1) is 0 Å². The monoisotopic (exact) mass is 247 g/mol. The summed E-state index contributed by atoms with van der Waals surface area (Å²) in [6.45, 7) is 3.90. The summed E-state index contributed by atoms with van der Waals surface area (Å²) in [6, 6.07) is 10.0. The van der Waals surface area contributed by atoms with Crippen LogP contribution in [0.3, 0.4) is 0 Å². The molecule has 1 heterocycles. The number of benzene rings is 1. The normalized spacial score (nSPS) is 10.4. The predicted molar refractivity (Wildman–Crippen MR) is 71.0 cm³/mol. The summed E-state index contributed by atoms with van der Waals surface area (Å²) in [7, 11) is 1.96. The standard InChI is InChI=1S/C13H14ClN3/c1-9-4-6-11(7-5-9)17(3)13-8-12(14)15-10(2)16-13/h4-8H,1-3H3. The SMILES string of the molecule is Cc1ccc(N(C)c2cc(Cl)nc(C)n2)cc1. The predicted octanol–water partition coefficient (Wildman–Crippen LogP) is 3.51. The Labute approximate surface area is 106 Å². The summed E-state index contributed by atoms with van der Waals surface area (Å²) < 4.78 is 0. The topological polar surface area (TPSA) is 29.0 Å². The zero-order chi connectivity index (χ0) is 12.4. The van der Waals surface area contributed by atoms with Gasteiger partial charge in [0.05, 0.1) is 0 Å². The second kappa shape index (κ2) is 4.72. The van der Waals surface area contributed by atoms with E-state index in [-0.39, 0.29) is 0 Å². The highest BCUT2D eigenvalue weighted by atomic mass is 35.5. The molecule has 0 N–H and O–H groups in total. The molecule has 0 spiro atoms. The molecule has 0 amide bonds. The van der Waals surface area contributed by atoms with E-state index in [9.17, 15) is 0 Å². The molecule has 2 rings (SSSR count). The number of aryl methyl sites for hydroxylation is 2. The van der Waals surface area contributed by atoms with Crippen molar-refractivity contribution in [3.05, 3.63) is 46.9 Å². The van der Waals surface area contributed by atoms with E-state index in [4.69, 9.17) is 11.6 Å². The molecule has 0 aliphatic rings. The van der Waals surface area contributed by atoms with Crippen molar-refractivity contribution in [2.24, 2.45) is 0 Å². The van der Waals surface area contributed by atoms with Crippen LogP contribution in [-0.2, 0) is 0 Å². The van der Waals surface area contributed by atoms with Crippen LogP contribution >= 0.6 is 11.6 Å². The molecule has 0 fully saturated rings. The largest absolute Gasteiger partial charge is 0.329 e. The van der Waals surface area contributed by atoms with Gasteiger partial charge in [-0.05, 0) is 26.0 Å². The molecular formula is C13H14ClN3. The maximum atomic E-state index is 5.93. The highest BCUT2D eigenvalue weighted by Gasteiger charge is 2.07. The molecule has 3 nitrogen and oxygen atoms in total. The lowest BCUT2D eigenvalue weighted by Gasteiger charge is -2.18. The first-order chi connectivity index (χ1) is 8.06. The molecule has 0 radical (unpaired) electrons. The van der Waals surface area contributed by atoms with Crippen molar-refractivity contribution >= 4 is 23.1 Å². The number of rotatable bonds is 2. The number of halogens is 1. The summed E-state index contributed by atoms with van der Waals surface area (Å²) in [5, 5.41) is 0.464. The minimum atomic E-state index is 0.464. The molecule has 0 aliphatic carbocycles. The average Bonchev–Trinajstić information content (AvgIpc) is 2.28. The summed E-state index contributed by atoms with van der Waals surface area (Å²) in [5.41, 5.74) is 2.31. The minimum absolute atomic E-state index is 0.464. The van der Waals surface area contributed by atoms with Crippen LogP contribution in [0.15, 0.2) is 30.3 Å². The van der Waals surface area contributed by atoms with E-state index in [1.165, 1.54) is 5.56 Å². The molecule has 2 aromatic rings. The average molecular weight is 248 g/mol. The van der Waals surface area contributed by atoms with E-state index in [1.54, 1.807) is 6.07 Å². The van der Waals surface area contributed by atoms with E-state index in [0.29, 0.717) is 11.0 Å². The van der Waals surface area contributed by atoms with Gasteiger partial charge in [0.1, 0.15) is 16.8 Å². The second-order valence-electron chi connectivity index (χ2n) is 3.99. The third-order valence-electron chi connectivity index (χ3n) is 2.56. The van der Waals surface area contributed by atoms with E-state index in [1.807, 2.05) is 18.9 Å². The quantitative estimate of drug-likeness (QED) is 0.761. The van der Waals surface area contributed by atoms with Gasteiger partial charge in [-0.1, -0.05) is 29.3 Å². The Morgan fingerprint density at radius 3 is 2.29 bits per heavy atom. The molecule has 88 valence electrons. The smallest absolute Gasteiger partial charge is 0.137 e. The van der Waals surface area contributed by atoms with Crippen molar-refractivity contribution in [1.29, 1.82) is 0 Å². The Hall–Kier alpha value is -1.61. The first-order valence-corrected chi connectivity index (χ1v) is 5.75. The van der Waals surface area contributed by atoms with E-state index in [2.05, 4.69) is 41.2 Å². The third kappa shape index (κ3) is 2.74. The van der Waals surface area contributed by atoms with Crippen LogP contribution in [0.1, 0.15) is 11.4 Å². The Bertz CT molecular complexity index is 502. The molecule has 0 unspecified atom stereocenters. The molecule has 1 aromatic heterocycles. The van der Waals surface area contributed by atoms with E-state index in [0.717, 1.165) is 11.5 Å². The summed E-state index contributed by atoms with van der Waals surface area (Å²) in [6.07, 6.45) is 0. The third-order valence-corrected chi connectivity index (χ3v) is 2.75. The molecular weight excluding hydrogens is 234 g/mol. The van der Waals surface area contributed by atoms with Gasteiger partial charge in [0.2, 0.25) is 0 Å². The lowest BCUT2D eigenvalue weighted by molar-refractivity contribution is 1.01. The number of nitrogens with zero attached hydrogens (tertiary/aromatic N) is 3. The van der Waals surface area contributed by atoms with Gasteiger partial charge in [-0.2, -0.15) is 0 Å². The van der Waals surface area contributed by atoms with Crippen molar-refractivity contribution in [2.45, 2.75) is 13.8 Å². The van der Waals surface area contributed by atoms with Crippen LogP contribution in [0.4, 0.5) is 11.5 Å². The van der Waals surface area contributed by atoms with Gasteiger partial charge in [0, 0.05) is 18.8 Å². The molecule has 0 atom stereocenters. The van der Waals surface area contributed by atoms with Crippen molar-refractivity contribution < 1.29 is 0 Å². The maximum absolute atomic E-state index is 5.93. The molecule has 0 bridgehead atoms. The number of aromatic nitrogens is 2. The highest BCUT2D eigenvalue weighted by molar-refractivity contribution is 6.29. The number of hydrogen-bond donors (Lipinski definition) is 0. The zero-order valence-electron chi connectivity index (χ0n) is 10.1. The van der Waals surface area contributed by atoms with Crippen LogP contribution in [0.5, 0.6) is 0 Å². The fourth-order valence-electron chi connectivity index (χ4n) is 1.59. The Morgan fingerprint density at radius 1 is 1.06 bits per heavy atom. The Kier molecular flexibility index (Phi) is 3.29. The fourth-order valence-corrected chi connectivity index (χ4v) is 1.81. The van der Waals surface area contributed by atoms with Crippen LogP contribution in [0, 0.1) is 13.8 Å². The zero-order valence-corrected chi connectivity index (χ0v) is 10.9. The van der Waals surface area contributed by atoms with Crippen molar-refractivity contribution in [3.63, 3.8) is 0 Å². The van der Waals surface area contributed by atoms with Crippen molar-refractivity contribution in [3.8, 4) is 0 Å². The van der Waals surface area contributed by atoms with E-state index < -0.39 is 0 Å². The molecule has 0 saturated heterocycles. The van der Waals surface area contributed by atoms with Crippen LogP contribution in [0.2, 0.25) is 5.15 Å². The van der Waals surface area contributed by atoms with Crippen LogP contribution in [-0.4, -0.2) is 17.0 Å². The first-order valence-electron chi connectivity index (χ1n) is 5.38. The van der Waals surface area contributed by atoms with Gasteiger partial charge >= 0.3 is 0 Å². The molecule has 4 heteroatoms. The van der Waals surface area contributed by atoms with Crippen LogP contribution < -0.4 is 4.90 Å². The molecule has 17 heavy (non-hydrogen) atoms. The van der Waals surface area contributed by atoms with Gasteiger partial charge < -0.3 is 4.90 Å². The Morgan fingerprint density at radius 2 is 1.71 bits per heavy atom. The molecule has 0 aliphatic heterocycles. The fraction of sp³-hybridized carbons (Fsp3) is 0.231. The maximum Gasteiger partial charge on any atom is 0.137 e. The van der Waals surface area contributed by atoms with E-state index >= 15 is 0 Å². The molecule has 0 saturated carbocycles. The van der Waals surface area contributed by atoms with Crippen molar-refractivity contribution in [2.75, 3.05) is 11.9 Å². The summed E-state index contributed by atoms with van der Waals surface area (Å²) in [4.78, 5) is 10.4. The number of anilines is 2. The van der Waals surface area contributed by atoms with Crippen LogP contribution in [0.25, 0.3) is 0 Å². The van der Waals surface area contributed by atoms with Gasteiger partial charge in [0.25, 0.3) is 0 Å². The van der Waals surface area contributed by atoms with Gasteiger partial charge in [-0.25, -0.2) is 9.97 Å². The first kappa shape index (κ1) is 11.9. The van der Waals surface area contributed by atoms with Crippen molar-refractivity contribution in [1.82, 2.24) is 9.97 Å². The Balaban J connectivity index is 2.36. The lowest BCUT2D eigenvalue weighted by Crippen LogP contribution is -2.12.